The van der Waals surface area contributed by atoms with E-state index in [0.717, 1.165) is 4.90 Å². The van der Waals surface area contributed by atoms with E-state index >= 15 is 0 Å². The van der Waals surface area contributed by atoms with E-state index in [1.54, 1.807) is 6.07 Å². The summed E-state index contributed by atoms with van der Waals surface area (Å²) < 4.78 is 13.6. The number of amides is 3. The molecule has 16 heavy (non-hydrogen) atoms. The van der Waals surface area contributed by atoms with Gasteiger partial charge in [0.1, 0.15) is 11.4 Å². The number of carbonyl (C=O) groups is 2. The third kappa shape index (κ3) is 1.28. The van der Waals surface area contributed by atoms with Crippen molar-refractivity contribution in [3.05, 3.63) is 35.6 Å². The number of urea groups is 1. The summed E-state index contributed by atoms with van der Waals surface area (Å²) in [6.45, 7) is 1.50. The second-order valence-electron chi connectivity index (χ2n) is 3.90. The van der Waals surface area contributed by atoms with Gasteiger partial charge in [-0.25, -0.2) is 9.18 Å². The Morgan fingerprint density at radius 1 is 1.31 bits per heavy atom. The fraction of sp³-hybridized carbons (Fsp3) is 0.273. The van der Waals surface area contributed by atoms with Crippen molar-refractivity contribution in [2.75, 3.05) is 7.05 Å². The molecule has 1 aliphatic rings. The van der Waals surface area contributed by atoms with Crippen molar-refractivity contribution in [1.82, 2.24) is 10.2 Å². The number of imide groups is 1. The molecule has 1 aliphatic heterocycles. The SMILES string of the molecule is CN1C(=O)NC(C)(c2ccccc2F)C1=O. The molecule has 0 aromatic heterocycles. The standard InChI is InChI=1S/C11H11FN2O2/c1-11(7-5-3-4-6-8(7)12)9(15)14(2)10(16)13-11/h3-6H,1-2H3,(H,13,16). The van der Waals surface area contributed by atoms with Gasteiger partial charge in [-0.3, -0.25) is 9.69 Å². The summed E-state index contributed by atoms with van der Waals surface area (Å²) in [6, 6.07) is 5.40. The maximum atomic E-state index is 13.6. The summed E-state index contributed by atoms with van der Waals surface area (Å²) in [5.74, 6) is -0.962. The van der Waals surface area contributed by atoms with Crippen molar-refractivity contribution in [3.8, 4) is 0 Å². The van der Waals surface area contributed by atoms with E-state index in [1.165, 1.54) is 32.2 Å². The maximum absolute atomic E-state index is 13.6. The van der Waals surface area contributed by atoms with Crippen LogP contribution in [0.2, 0.25) is 0 Å². The molecular weight excluding hydrogens is 211 g/mol. The van der Waals surface area contributed by atoms with Gasteiger partial charge in [-0.2, -0.15) is 0 Å². The minimum absolute atomic E-state index is 0.178. The lowest BCUT2D eigenvalue weighted by Gasteiger charge is -2.21. The van der Waals surface area contributed by atoms with Gasteiger partial charge in [-0.15, -0.1) is 0 Å². The van der Waals surface area contributed by atoms with E-state index in [0.29, 0.717) is 0 Å². The number of nitrogens with one attached hydrogen (secondary N) is 1. The first-order chi connectivity index (χ1) is 7.47. The third-order valence-corrected chi connectivity index (χ3v) is 2.81. The molecule has 1 aromatic rings. The Labute approximate surface area is 92.0 Å². The first-order valence-corrected chi connectivity index (χ1v) is 4.82. The Bertz CT molecular complexity index is 475. The van der Waals surface area contributed by atoms with Crippen LogP contribution in [0.15, 0.2) is 24.3 Å². The monoisotopic (exact) mass is 222 g/mol. The minimum Gasteiger partial charge on any atom is -0.319 e. The lowest BCUT2D eigenvalue weighted by Crippen LogP contribution is -2.41. The molecule has 2 rings (SSSR count). The third-order valence-electron chi connectivity index (χ3n) is 2.81. The summed E-state index contributed by atoms with van der Waals surface area (Å²) in [5, 5.41) is 2.48. The van der Waals surface area contributed by atoms with Gasteiger partial charge >= 0.3 is 6.03 Å². The van der Waals surface area contributed by atoms with E-state index in [-0.39, 0.29) is 5.56 Å². The highest BCUT2D eigenvalue weighted by Gasteiger charge is 2.48. The van der Waals surface area contributed by atoms with Crippen molar-refractivity contribution in [3.63, 3.8) is 0 Å². The molecule has 0 bridgehead atoms. The van der Waals surface area contributed by atoms with Gasteiger partial charge in [0.05, 0.1) is 0 Å². The largest absolute Gasteiger partial charge is 0.325 e. The molecule has 1 aromatic carbocycles. The van der Waals surface area contributed by atoms with Crippen LogP contribution in [0.4, 0.5) is 9.18 Å². The van der Waals surface area contributed by atoms with E-state index in [1.807, 2.05) is 0 Å². The average Bonchev–Trinajstić information content (AvgIpc) is 2.44. The lowest BCUT2D eigenvalue weighted by molar-refractivity contribution is -0.130. The topological polar surface area (TPSA) is 49.4 Å². The number of halogens is 1. The number of carbonyl (C=O) groups excluding carboxylic acids is 2. The zero-order valence-corrected chi connectivity index (χ0v) is 8.95. The van der Waals surface area contributed by atoms with Gasteiger partial charge in [-0.05, 0) is 13.0 Å². The number of likely N-dealkylation sites (N-methyl/N-ethyl adjacent to an activating group) is 1. The predicted molar refractivity (Wildman–Crippen MR) is 55.1 cm³/mol. The van der Waals surface area contributed by atoms with Crippen LogP contribution in [0.3, 0.4) is 0 Å². The van der Waals surface area contributed by atoms with Crippen molar-refractivity contribution >= 4 is 11.9 Å². The Hall–Kier alpha value is -1.91. The van der Waals surface area contributed by atoms with Crippen LogP contribution < -0.4 is 5.32 Å². The summed E-state index contributed by atoms with van der Waals surface area (Å²) in [5.41, 5.74) is -1.13. The number of benzene rings is 1. The van der Waals surface area contributed by atoms with Crippen LogP contribution in [0.1, 0.15) is 12.5 Å². The second-order valence-corrected chi connectivity index (χ2v) is 3.90. The van der Waals surface area contributed by atoms with Crippen molar-refractivity contribution < 1.29 is 14.0 Å². The van der Waals surface area contributed by atoms with Crippen LogP contribution >= 0.6 is 0 Å². The van der Waals surface area contributed by atoms with Crippen molar-refractivity contribution in [2.45, 2.75) is 12.5 Å². The first-order valence-electron chi connectivity index (χ1n) is 4.82. The zero-order chi connectivity index (χ0) is 11.9. The van der Waals surface area contributed by atoms with Crippen molar-refractivity contribution in [2.24, 2.45) is 0 Å². The van der Waals surface area contributed by atoms with Gasteiger partial charge in [0, 0.05) is 12.6 Å². The summed E-state index contributed by atoms with van der Waals surface area (Å²) in [6.07, 6.45) is 0. The predicted octanol–water partition coefficient (Wildman–Crippen LogP) is 1.22. The molecule has 1 heterocycles. The van der Waals surface area contributed by atoms with E-state index in [9.17, 15) is 14.0 Å². The van der Waals surface area contributed by atoms with Crippen LogP contribution in [0.5, 0.6) is 0 Å². The van der Waals surface area contributed by atoms with Gasteiger partial charge in [0.15, 0.2) is 0 Å². The first kappa shape index (κ1) is 10.6. The molecular formula is C11H11FN2O2. The summed E-state index contributed by atoms with van der Waals surface area (Å²) >= 11 is 0. The van der Waals surface area contributed by atoms with Crippen LogP contribution in [-0.2, 0) is 10.3 Å². The molecule has 1 atom stereocenters. The fourth-order valence-corrected chi connectivity index (χ4v) is 1.83. The average molecular weight is 222 g/mol. The smallest absolute Gasteiger partial charge is 0.319 e. The number of hydrogen-bond acceptors (Lipinski definition) is 2. The van der Waals surface area contributed by atoms with Crippen LogP contribution in [-0.4, -0.2) is 23.9 Å². The molecule has 0 spiro atoms. The molecule has 1 unspecified atom stereocenters. The van der Waals surface area contributed by atoms with E-state index < -0.39 is 23.3 Å². The molecule has 84 valence electrons. The highest BCUT2D eigenvalue weighted by Crippen LogP contribution is 2.29. The Kier molecular flexibility index (Phi) is 2.18. The summed E-state index contributed by atoms with van der Waals surface area (Å²) in [7, 11) is 1.36. The minimum atomic E-state index is -1.31. The maximum Gasteiger partial charge on any atom is 0.325 e. The molecule has 0 radical (unpaired) electrons. The molecule has 1 N–H and O–H groups in total. The molecule has 0 aliphatic carbocycles. The highest BCUT2D eigenvalue weighted by atomic mass is 19.1. The number of rotatable bonds is 1. The van der Waals surface area contributed by atoms with Crippen LogP contribution in [0, 0.1) is 5.82 Å². The Balaban J connectivity index is 2.53. The van der Waals surface area contributed by atoms with Gasteiger partial charge < -0.3 is 5.32 Å². The zero-order valence-electron chi connectivity index (χ0n) is 8.95. The quantitative estimate of drug-likeness (QED) is 0.726. The Morgan fingerprint density at radius 3 is 2.44 bits per heavy atom. The normalized spacial score (nSPS) is 24.8. The van der Waals surface area contributed by atoms with Gasteiger partial charge in [-0.1, -0.05) is 18.2 Å². The molecule has 3 amide bonds. The molecule has 1 saturated heterocycles. The van der Waals surface area contributed by atoms with E-state index in [2.05, 4.69) is 5.32 Å². The van der Waals surface area contributed by atoms with Crippen molar-refractivity contribution in [1.29, 1.82) is 0 Å². The molecule has 5 heteroatoms. The summed E-state index contributed by atoms with van der Waals surface area (Å²) in [4.78, 5) is 24.2. The lowest BCUT2D eigenvalue weighted by atomic mass is 9.91. The van der Waals surface area contributed by atoms with Gasteiger partial charge in [0.2, 0.25) is 0 Å². The number of nitrogens with zero attached hydrogens (tertiary/aromatic N) is 1. The molecule has 4 nitrogen and oxygen atoms in total. The second kappa shape index (κ2) is 3.30. The van der Waals surface area contributed by atoms with Gasteiger partial charge in [0.25, 0.3) is 5.91 Å². The highest BCUT2D eigenvalue weighted by molar-refractivity contribution is 6.06. The Morgan fingerprint density at radius 2 is 1.94 bits per heavy atom. The van der Waals surface area contributed by atoms with E-state index in [4.69, 9.17) is 0 Å². The number of hydrogen-bond donors (Lipinski definition) is 1. The molecule has 1 fully saturated rings. The molecule has 0 saturated carbocycles. The van der Waals surface area contributed by atoms with Crippen LogP contribution in [0.25, 0.3) is 0 Å². The fourth-order valence-electron chi connectivity index (χ4n) is 1.83.